The Morgan fingerprint density at radius 2 is 1.88 bits per heavy atom. The van der Waals surface area contributed by atoms with E-state index in [0.29, 0.717) is 34.0 Å². The summed E-state index contributed by atoms with van der Waals surface area (Å²) in [5.74, 6) is 0.302. The number of methoxy groups -OCH3 is 2. The van der Waals surface area contributed by atoms with Crippen LogP contribution in [0.1, 0.15) is 22.7 Å². The van der Waals surface area contributed by atoms with Crippen LogP contribution in [-0.4, -0.2) is 62.0 Å². The number of hydrogen-bond acceptors (Lipinski definition) is 5. The third-order valence-corrected chi connectivity index (χ3v) is 6.30. The van der Waals surface area contributed by atoms with Crippen LogP contribution in [0.3, 0.4) is 0 Å². The van der Waals surface area contributed by atoms with Crippen LogP contribution in [0, 0.1) is 13.8 Å². The van der Waals surface area contributed by atoms with E-state index in [1.807, 2.05) is 32.0 Å². The molecule has 0 radical (unpaired) electrons. The molecule has 2 heterocycles. The van der Waals surface area contributed by atoms with Gasteiger partial charge in [0, 0.05) is 18.3 Å². The molecule has 2 aromatic rings. The van der Waals surface area contributed by atoms with Crippen molar-refractivity contribution in [1.29, 1.82) is 0 Å². The Hall–Kier alpha value is -4.01. The summed E-state index contributed by atoms with van der Waals surface area (Å²) in [6, 6.07) is 9.88. The summed E-state index contributed by atoms with van der Waals surface area (Å²) >= 11 is 0. The molecule has 178 valence electrons. The van der Waals surface area contributed by atoms with Gasteiger partial charge in [-0.3, -0.25) is 14.5 Å². The molecule has 2 aliphatic rings. The summed E-state index contributed by atoms with van der Waals surface area (Å²) in [5.41, 5.74) is 4.43. The van der Waals surface area contributed by atoms with Crippen LogP contribution in [0.2, 0.25) is 0 Å². The first-order valence-corrected chi connectivity index (χ1v) is 10.9. The number of amides is 4. The van der Waals surface area contributed by atoms with Crippen LogP contribution in [0.5, 0.6) is 11.5 Å². The highest BCUT2D eigenvalue weighted by atomic mass is 16.5. The number of ether oxygens (including phenoxy) is 2. The van der Waals surface area contributed by atoms with Crippen LogP contribution in [0.15, 0.2) is 47.7 Å². The van der Waals surface area contributed by atoms with Crippen molar-refractivity contribution in [3.63, 3.8) is 0 Å². The van der Waals surface area contributed by atoms with Crippen molar-refractivity contribution < 1.29 is 23.9 Å². The van der Waals surface area contributed by atoms with Gasteiger partial charge in [-0.1, -0.05) is 18.2 Å². The van der Waals surface area contributed by atoms with E-state index in [9.17, 15) is 14.4 Å². The van der Waals surface area contributed by atoms with E-state index in [2.05, 4.69) is 10.6 Å². The van der Waals surface area contributed by atoms with Crippen molar-refractivity contribution in [3.05, 3.63) is 64.4 Å². The summed E-state index contributed by atoms with van der Waals surface area (Å²) in [5, 5.41) is 5.73. The molecule has 1 atom stereocenters. The van der Waals surface area contributed by atoms with Gasteiger partial charge >= 0.3 is 6.03 Å². The molecule has 0 bridgehead atoms. The van der Waals surface area contributed by atoms with E-state index in [1.54, 1.807) is 25.2 Å². The SMILES string of the molecule is COc1cccc(C2NC(=O)N(C)C3=C2C(=O)N(CC(=O)Nc2ccc(C)c(C)c2)C3)c1OC. The largest absolute Gasteiger partial charge is 0.493 e. The smallest absolute Gasteiger partial charge is 0.322 e. The molecule has 2 aromatic carbocycles. The number of carbonyl (C=O) groups excluding carboxylic acids is 3. The number of nitrogens with zero attached hydrogens (tertiary/aromatic N) is 2. The van der Waals surface area contributed by atoms with Crippen molar-refractivity contribution in [2.24, 2.45) is 0 Å². The minimum atomic E-state index is -0.732. The van der Waals surface area contributed by atoms with Crippen LogP contribution < -0.4 is 20.1 Å². The first-order valence-electron chi connectivity index (χ1n) is 10.9. The van der Waals surface area contributed by atoms with Gasteiger partial charge in [0.05, 0.1) is 38.1 Å². The van der Waals surface area contributed by atoms with Crippen molar-refractivity contribution in [1.82, 2.24) is 15.1 Å². The molecular weight excluding hydrogens is 436 g/mol. The minimum Gasteiger partial charge on any atom is -0.493 e. The fourth-order valence-corrected chi connectivity index (χ4v) is 4.32. The quantitative estimate of drug-likeness (QED) is 0.685. The van der Waals surface area contributed by atoms with Gasteiger partial charge in [-0.15, -0.1) is 0 Å². The van der Waals surface area contributed by atoms with Gasteiger partial charge in [-0.25, -0.2) is 4.79 Å². The third kappa shape index (κ3) is 4.05. The zero-order valence-corrected chi connectivity index (χ0v) is 19.9. The van der Waals surface area contributed by atoms with Crippen LogP contribution in [0.25, 0.3) is 0 Å². The van der Waals surface area contributed by atoms with Crippen molar-refractivity contribution in [2.75, 3.05) is 39.7 Å². The lowest BCUT2D eigenvalue weighted by atomic mass is 9.94. The molecule has 0 saturated heterocycles. The first-order chi connectivity index (χ1) is 16.2. The number of urea groups is 1. The van der Waals surface area contributed by atoms with Gasteiger partial charge in [0.25, 0.3) is 5.91 Å². The number of likely N-dealkylation sites (N-methyl/N-ethyl adjacent to an activating group) is 1. The fourth-order valence-electron chi connectivity index (χ4n) is 4.32. The van der Waals surface area contributed by atoms with Crippen molar-refractivity contribution >= 4 is 23.5 Å². The molecule has 1 unspecified atom stereocenters. The lowest BCUT2D eigenvalue weighted by molar-refractivity contribution is -0.130. The monoisotopic (exact) mass is 464 g/mol. The first kappa shape index (κ1) is 23.2. The van der Waals surface area contributed by atoms with Gasteiger partial charge in [0.2, 0.25) is 5.91 Å². The van der Waals surface area contributed by atoms with E-state index in [0.717, 1.165) is 11.1 Å². The Bertz CT molecular complexity index is 1210. The second kappa shape index (κ2) is 9.09. The fraction of sp³-hybridized carbons (Fsp3) is 0.320. The van der Waals surface area contributed by atoms with Gasteiger partial charge in [-0.2, -0.15) is 0 Å². The number of hydrogen-bond donors (Lipinski definition) is 2. The zero-order valence-electron chi connectivity index (χ0n) is 19.9. The topological polar surface area (TPSA) is 100 Å². The number of para-hydroxylation sites is 1. The highest BCUT2D eigenvalue weighted by molar-refractivity contribution is 6.04. The Balaban J connectivity index is 1.60. The van der Waals surface area contributed by atoms with E-state index in [1.165, 1.54) is 24.0 Å². The summed E-state index contributed by atoms with van der Waals surface area (Å²) in [4.78, 5) is 41.8. The molecule has 4 amide bonds. The molecule has 9 heteroatoms. The molecule has 2 N–H and O–H groups in total. The molecule has 0 fully saturated rings. The normalized spacial score (nSPS) is 17.5. The Labute approximate surface area is 198 Å². The molecule has 4 rings (SSSR count). The summed E-state index contributed by atoms with van der Waals surface area (Å²) in [6.45, 7) is 3.99. The van der Waals surface area contributed by atoms with E-state index < -0.39 is 6.04 Å². The highest BCUT2D eigenvalue weighted by Gasteiger charge is 2.44. The third-order valence-electron chi connectivity index (χ3n) is 6.30. The molecule has 9 nitrogen and oxygen atoms in total. The number of aryl methyl sites for hydroxylation is 2. The van der Waals surface area contributed by atoms with Crippen molar-refractivity contribution in [2.45, 2.75) is 19.9 Å². The Morgan fingerprint density at radius 3 is 2.56 bits per heavy atom. The maximum atomic E-state index is 13.5. The standard InChI is InChI=1S/C25H28N4O5/c1-14-9-10-16(11-15(14)2)26-20(30)13-29-12-18-21(24(29)31)22(27-25(32)28(18)3)17-7-6-8-19(33-4)23(17)34-5/h6-11,22H,12-13H2,1-5H3,(H,26,30)(H,27,32). The molecule has 34 heavy (non-hydrogen) atoms. The van der Waals surface area contributed by atoms with Crippen molar-refractivity contribution in [3.8, 4) is 11.5 Å². The van der Waals surface area contributed by atoms with Crippen LogP contribution in [-0.2, 0) is 9.59 Å². The summed E-state index contributed by atoms with van der Waals surface area (Å²) < 4.78 is 10.9. The highest BCUT2D eigenvalue weighted by Crippen LogP contribution is 2.42. The summed E-state index contributed by atoms with van der Waals surface area (Å²) in [7, 11) is 4.64. The lowest BCUT2D eigenvalue weighted by Crippen LogP contribution is -2.45. The van der Waals surface area contributed by atoms with E-state index in [4.69, 9.17) is 9.47 Å². The molecule has 0 aliphatic carbocycles. The van der Waals surface area contributed by atoms with E-state index >= 15 is 0 Å². The second-order valence-electron chi connectivity index (χ2n) is 8.39. The molecular formula is C25H28N4O5. The van der Waals surface area contributed by atoms with Gasteiger partial charge in [0.15, 0.2) is 11.5 Å². The maximum absolute atomic E-state index is 13.5. The second-order valence-corrected chi connectivity index (χ2v) is 8.39. The number of nitrogens with one attached hydrogen (secondary N) is 2. The maximum Gasteiger partial charge on any atom is 0.322 e. The predicted octanol–water partition coefficient (Wildman–Crippen LogP) is 2.75. The average Bonchev–Trinajstić information content (AvgIpc) is 3.14. The average molecular weight is 465 g/mol. The minimum absolute atomic E-state index is 0.136. The molecule has 0 saturated carbocycles. The Kier molecular flexibility index (Phi) is 6.19. The number of rotatable bonds is 6. The number of benzene rings is 2. The number of anilines is 1. The molecule has 0 spiro atoms. The molecule has 2 aliphatic heterocycles. The van der Waals surface area contributed by atoms with E-state index in [-0.39, 0.29) is 30.9 Å². The van der Waals surface area contributed by atoms with Crippen LogP contribution >= 0.6 is 0 Å². The lowest BCUT2D eigenvalue weighted by Gasteiger charge is -2.31. The van der Waals surface area contributed by atoms with Gasteiger partial charge in [-0.05, 0) is 43.2 Å². The predicted molar refractivity (Wildman–Crippen MR) is 127 cm³/mol. The zero-order chi connectivity index (χ0) is 24.6. The van der Waals surface area contributed by atoms with Gasteiger partial charge in [0.1, 0.15) is 6.54 Å². The molecule has 0 aromatic heterocycles. The number of carbonyl (C=O) groups is 3. The Morgan fingerprint density at radius 1 is 1.12 bits per heavy atom. The van der Waals surface area contributed by atoms with Gasteiger partial charge < -0.3 is 25.0 Å². The van der Waals surface area contributed by atoms with Crippen LogP contribution in [0.4, 0.5) is 10.5 Å². The summed E-state index contributed by atoms with van der Waals surface area (Å²) in [6.07, 6.45) is 0.